The van der Waals surface area contributed by atoms with Crippen LogP contribution in [0.3, 0.4) is 0 Å². The average molecular weight is 502 g/mol. The maximum atomic E-state index is 13.5. The number of hydrogen-bond acceptors (Lipinski definition) is 7. The standard InChI is InChI=1S/C29H35N5O3/c1-19-13-15-33(16-14-19)22-11-12-23(24(17-22)36-5)31-28-30-18-25-26(32-28)34(27(35)29(3,4)37-25)20(2)21-9-7-6-8-10-21/h6-12,17-20H,13-16H2,1-5H3,(H,30,31,32). The van der Waals surface area contributed by atoms with Gasteiger partial charge in [-0.05, 0) is 57.2 Å². The van der Waals surface area contributed by atoms with Gasteiger partial charge in [0, 0.05) is 24.8 Å². The van der Waals surface area contributed by atoms with Gasteiger partial charge in [0.25, 0.3) is 5.91 Å². The summed E-state index contributed by atoms with van der Waals surface area (Å²) in [5, 5.41) is 3.29. The van der Waals surface area contributed by atoms with E-state index < -0.39 is 5.60 Å². The number of carbonyl (C=O) groups excluding carboxylic acids is 1. The molecule has 2 aromatic carbocycles. The topological polar surface area (TPSA) is 79.8 Å². The van der Waals surface area contributed by atoms with Gasteiger partial charge in [0.1, 0.15) is 5.75 Å². The number of amides is 1. The first-order chi connectivity index (χ1) is 17.8. The van der Waals surface area contributed by atoms with Crippen molar-refractivity contribution in [3.05, 3.63) is 60.3 Å². The van der Waals surface area contributed by atoms with Crippen molar-refractivity contribution in [1.82, 2.24) is 9.97 Å². The van der Waals surface area contributed by atoms with Gasteiger partial charge in [0.2, 0.25) is 5.95 Å². The fraction of sp³-hybridized carbons (Fsp3) is 0.414. The fourth-order valence-electron chi connectivity index (χ4n) is 4.98. The molecular weight excluding hydrogens is 466 g/mol. The normalized spacial score (nSPS) is 18.1. The first kappa shape index (κ1) is 24.9. The Morgan fingerprint density at radius 2 is 1.86 bits per heavy atom. The van der Waals surface area contributed by atoms with Gasteiger partial charge in [-0.2, -0.15) is 4.98 Å². The van der Waals surface area contributed by atoms with Crippen molar-refractivity contribution in [3.63, 3.8) is 0 Å². The molecule has 0 radical (unpaired) electrons. The van der Waals surface area contributed by atoms with Gasteiger partial charge in [0.05, 0.1) is 25.0 Å². The molecule has 1 N–H and O–H groups in total. The van der Waals surface area contributed by atoms with Crippen LogP contribution in [0, 0.1) is 5.92 Å². The minimum atomic E-state index is -1.03. The molecule has 0 saturated carbocycles. The summed E-state index contributed by atoms with van der Waals surface area (Å²) in [5.74, 6) is 2.60. The predicted octanol–water partition coefficient (Wildman–Crippen LogP) is 5.73. The lowest BCUT2D eigenvalue weighted by Gasteiger charge is -2.40. The number of rotatable bonds is 6. The smallest absolute Gasteiger partial charge is 0.272 e. The Bertz CT molecular complexity index is 1270. The molecule has 0 spiro atoms. The minimum absolute atomic E-state index is 0.154. The number of benzene rings is 2. The van der Waals surface area contributed by atoms with Crippen molar-refractivity contribution in [2.45, 2.75) is 52.2 Å². The highest BCUT2D eigenvalue weighted by molar-refractivity contribution is 6.02. The third-order valence-corrected chi connectivity index (χ3v) is 7.31. The summed E-state index contributed by atoms with van der Waals surface area (Å²) in [4.78, 5) is 26.8. The number of carbonyl (C=O) groups is 1. The van der Waals surface area contributed by atoms with Crippen molar-refractivity contribution in [3.8, 4) is 11.5 Å². The molecule has 37 heavy (non-hydrogen) atoms. The number of piperidine rings is 1. The largest absolute Gasteiger partial charge is 0.494 e. The molecule has 2 aliphatic rings. The van der Waals surface area contributed by atoms with Crippen molar-refractivity contribution >= 4 is 29.0 Å². The van der Waals surface area contributed by atoms with Crippen molar-refractivity contribution in [2.24, 2.45) is 5.92 Å². The molecule has 3 heterocycles. The first-order valence-electron chi connectivity index (χ1n) is 12.9. The lowest BCUT2D eigenvalue weighted by molar-refractivity contribution is -0.133. The van der Waals surface area contributed by atoms with Gasteiger partial charge in [-0.15, -0.1) is 0 Å². The van der Waals surface area contributed by atoms with E-state index in [2.05, 4.69) is 34.3 Å². The maximum Gasteiger partial charge on any atom is 0.272 e. The Kier molecular flexibility index (Phi) is 6.67. The molecule has 8 heteroatoms. The molecule has 0 bridgehead atoms. The highest BCUT2D eigenvalue weighted by Crippen LogP contribution is 2.41. The summed E-state index contributed by atoms with van der Waals surface area (Å²) >= 11 is 0. The SMILES string of the molecule is COc1cc(N2CCC(C)CC2)ccc1Nc1ncc2c(n1)N(C(C)c1ccccc1)C(=O)C(C)(C)O2. The monoisotopic (exact) mass is 501 g/mol. The Morgan fingerprint density at radius 1 is 1.14 bits per heavy atom. The number of ether oxygens (including phenoxy) is 2. The molecule has 1 saturated heterocycles. The number of anilines is 4. The third kappa shape index (κ3) is 4.92. The van der Waals surface area contributed by atoms with E-state index in [4.69, 9.17) is 14.5 Å². The Hall–Kier alpha value is -3.81. The lowest BCUT2D eigenvalue weighted by atomic mass is 9.99. The highest BCUT2D eigenvalue weighted by Gasteiger charge is 2.44. The molecular formula is C29H35N5O3. The molecule has 1 amide bonds. The van der Waals surface area contributed by atoms with E-state index in [-0.39, 0.29) is 11.9 Å². The second-order valence-corrected chi connectivity index (χ2v) is 10.4. The van der Waals surface area contributed by atoms with Gasteiger partial charge in [0.15, 0.2) is 17.2 Å². The molecule has 8 nitrogen and oxygen atoms in total. The fourth-order valence-corrected chi connectivity index (χ4v) is 4.98. The van der Waals surface area contributed by atoms with Gasteiger partial charge >= 0.3 is 0 Å². The van der Waals surface area contributed by atoms with Gasteiger partial charge in [-0.25, -0.2) is 4.98 Å². The summed E-state index contributed by atoms with van der Waals surface area (Å²) in [6.45, 7) is 9.94. The maximum absolute atomic E-state index is 13.5. The molecule has 1 fully saturated rings. The number of methoxy groups -OCH3 is 1. The lowest BCUT2D eigenvalue weighted by Crippen LogP contribution is -2.53. The van der Waals surface area contributed by atoms with Gasteiger partial charge < -0.3 is 19.7 Å². The van der Waals surface area contributed by atoms with Crippen LogP contribution < -0.4 is 24.6 Å². The van der Waals surface area contributed by atoms with Crippen LogP contribution in [-0.4, -0.2) is 41.7 Å². The summed E-state index contributed by atoms with van der Waals surface area (Å²) in [6, 6.07) is 15.8. The average Bonchev–Trinajstić information content (AvgIpc) is 2.90. The number of nitrogens with zero attached hydrogens (tertiary/aromatic N) is 4. The quantitative estimate of drug-likeness (QED) is 0.462. The van der Waals surface area contributed by atoms with Gasteiger partial charge in [-0.3, -0.25) is 9.69 Å². The van der Waals surface area contributed by atoms with Crippen LogP contribution >= 0.6 is 0 Å². The zero-order valence-electron chi connectivity index (χ0n) is 22.2. The van der Waals surface area contributed by atoms with Crippen molar-refractivity contribution in [1.29, 1.82) is 0 Å². The van der Waals surface area contributed by atoms with E-state index in [9.17, 15) is 4.79 Å². The van der Waals surface area contributed by atoms with Crippen LogP contribution in [0.4, 0.5) is 23.1 Å². The van der Waals surface area contributed by atoms with Gasteiger partial charge in [-0.1, -0.05) is 37.3 Å². The van der Waals surface area contributed by atoms with E-state index in [0.717, 1.165) is 35.9 Å². The number of hydrogen-bond donors (Lipinski definition) is 1. The summed E-state index contributed by atoms with van der Waals surface area (Å²) in [6.07, 6.45) is 4.01. The summed E-state index contributed by atoms with van der Waals surface area (Å²) in [7, 11) is 1.66. The van der Waals surface area contributed by atoms with Crippen LogP contribution in [0.15, 0.2) is 54.7 Å². The van der Waals surface area contributed by atoms with E-state index in [1.54, 1.807) is 32.1 Å². The number of fused-ring (bicyclic) bond motifs is 1. The Morgan fingerprint density at radius 3 is 2.57 bits per heavy atom. The molecule has 194 valence electrons. The van der Waals surface area contributed by atoms with Crippen molar-refractivity contribution in [2.75, 3.05) is 35.3 Å². The zero-order chi connectivity index (χ0) is 26.2. The zero-order valence-corrected chi connectivity index (χ0v) is 22.2. The Balaban J connectivity index is 1.45. The summed E-state index contributed by atoms with van der Waals surface area (Å²) in [5.41, 5.74) is 1.88. The second-order valence-electron chi connectivity index (χ2n) is 10.4. The van der Waals surface area contributed by atoms with Crippen LogP contribution in [0.25, 0.3) is 0 Å². The molecule has 0 aliphatic carbocycles. The van der Waals surface area contributed by atoms with E-state index >= 15 is 0 Å². The van der Waals surface area contributed by atoms with Crippen LogP contribution in [0.2, 0.25) is 0 Å². The third-order valence-electron chi connectivity index (χ3n) is 7.31. The van der Waals surface area contributed by atoms with E-state index in [1.165, 1.54) is 12.8 Å². The summed E-state index contributed by atoms with van der Waals surface area (Å²) < 4.78 is 11.7. The van der Waals surface area contributed by atoms with Crippen molar-refractivity contribution < 1.29 is 14.3 Å². The predicted molar refractivity (Wildman–Crippen MR) is 146 cm³/mol. The van der Waals surface area contributed by atoms with Crippen LogP contribution in [0.1, 0.15) is 52.1 Å². The van der Waals surface area contributed by atoms with E-state index in [1.807, 2.05) is 43.3 Å². The molecule has 1 aromatic heterocycles. The van der Waals surface area contributed by atoms with Crippen LogP contribution in [-0.2, 0) is 4.79 Å². The molecule has 1 atom stereocenters. The Labute approximate surface area is 218 Å². The number of aromatic nitrogens is 2. The molecule has 1 unspecified atom stereocenters. The molecule has 2 aliphatic heterocycles. The molecule has 5 rings (SSSR count). The number of nitrogens with one attached hydrogen (secondary N) is 1. The van der Waals surface area contributed by atoms with Crippen LogP contribution in [0.5, 0.6) is 11.5 Å². The highest BCUT2D eigenvalue weighted by atomic mass is 16.5. The minimum Gasteiger partial charge on any atom is -0.494 e. The second kappa shape index (κ2) is 9.92. The molecule has 3 aromatic rings. The first-order valence-corrected chi connectivity index (χ1v) is 12.9. The van der Waals surface area contributed by atoms with E-state index in [0.29, 0.717) is 23.3 Å².